The number of amides is 3. The Labute approximate surface area is 132 Å². The molecule has 22 heavy (non-hydrogen) atoms. The molecule has 0 aromatic heterocycles. The number of nitrogens with one attached hydrogen (secondary N) is 2. The van der Waals surface area contributed by atoms with E-state index in [2.05, 4.69) is 10.6 Å². The van der Waals surface area contributed by atoms with E-state index in [0.717, 1.165) is 71.4 Å². The largest absolute Gasteiger partial charge is 0.342 e. The van der Waals surface area contributed by atoms with Crippen molar-refractivity contribution in [2.45, 2.75) is 44.6 Å². The van der Waals surface area contributed by atoms with Crippen LogP contribution in [0.3, 0.4) is 0 Å². The molecule has 3 saturated heterocycles. The quantitative estimate of drug-likeness (QED) is 0.810. The van der Waals surface area contributed by atoms with Crippen molar-refractivity contribution >= 4 is 11.9 Å². The molecule has 3 aliphatic rings. The first-order chi connectivity index (χ1) is 10.7. The SMILES string of the molecule is O=C1CCCN1CC1CCN(C(=O)NC2CCCNCC2)C1. The van der Waals surface area contributed by atoms with Crippen LogP contribution in [0.25, 0.3) is 0 Å². The predicted molar refractivity (Wildman–Crippen MR) is 84.5 cm³/mol. The van der Waals surface area contributed by atoms with Crippen LogP contribution in [-0.2, 0) is 4.79 Å². The minimum absolute atomic E-state index is 0.0853. The van der Waals surface area contributed by atoms with Crippen LogP contribution in [0.4, 0.5) is 4.79 Å². The number of rotatable bonds is 3. The molecule has 0 saturated carbocycles. The maximum atomic E-state index is 12.4. The molecule has 3 fully saturated rings. The zero-order chi connectivity index (χ0) is 15.4. The summed E-state index contributed by atoms with van der Waals surface area (Å²) in [5, 5.41) is 6.56. The normalized spacial score (nSPS) is 29.7. The molecule has 3 amide bonds. The molecule has 3 heterocycles. The molecule has 0 radical (unpaired) electrons. The average Bonchev–Trinajstić information content (AvgIpc) is 3.04. The summed E-state index contributed by atoms with van der Waals surface area (Å²) in [5.41, 5.74) is 0. The van der Waals surface area contributed by atoms with Crippen molar-refractivity contribution in [2.75, 3.05) is 39.3 Å². The summed E-state index contributed by atoms with van der Waals surface area (Å²) in [6.07, 6.45) is 5.93. The van der Waals surface area contributed by atoms with Gasteiger partial charge >= 0.3 is 6.03 Å². The Hall–Kier alpha value is -1.30. The highest BCUT2D eigenvalue weighted by atomic mass is 16.2. The van der Waals surface area contributed by atoms with Gasteiger partial charge in [0.15, 0.2) is 0 Å². The summed E-state index contributed by atoms with van der Waals surface area (Å²) < 4.78 is 0. The highest BCUT2D eigenvalue weighted by Gasteiger charge is 2.31. The van der Waals surface area contributed by atoms with E-state index in [-0.39, 0.29) is 11.9 Å². The number of nitrogens with zero attached hydrogens (tertiary/aromatic N) is 2. The molecule has 2 unspecified atom stereocenters. The summed E-state index contributed by atoms with van der Waals surface area (Å²) >= 11 is 0. The molecular weight excluding hydrogens is 280 g/mol. The number of urea groups is 1. The van der Waals surface area contributed by atoms with Crippen molar-refractivity contribution in [3.05, 3.63) is 0 Å². The Morgan fingerprint density at radius 1 is 1.18 bits per heavy atom. The Balaban J connectivity index is 1.43. The van der Waals surface area contributed by atoms with Gasteiger partial charge in [-0.05, 0) is 51.1 Å². The van der Waals surface area contributed by atoms with Crippen molar-refractivity contribution in [2.24, 2.45) is 5.92 Å². The van der Waals surface area contributed by atoms with Gasteiger partial charge in [0.25, 0.3) is 0 Å². The van der Waals surface area contributed by atoms with E-state index >= 15 is 0 Å². The lowest BCUT2D eigenvalue weighted by Gasteiger charge is -2.23. The molecule has 3 aliphatic heterocycles. The second kappa shape index (κ2) is 7.31. The van der Waals surface area contributed by atoms with E-state index < -0.39 is 0 Å². The van der Waals surface area contributed by atoms with Crippen molar-refractivity contribution < 1.29 is 9.59 Å². The minimum Gasteiger partial charge on any atom is -0.342 e. The zero-order valence-corrected chi connectivity index (χ0v) is 13.4. The van der Waals surface area contributed by atoms with Crippen LogP contribution in [-0.4, -0.2) is 67.0 Å². The molecular formula is C16H28N4O2. The van der Waals surface area contributed by atoms with Gasteiger partial charge in [-0.25, -0.2) is 4.79 Å². The summed E-state index contributed by atoms with van der Waals surface area (Å²) in [5.74, 6) is 0.734. The molecule has 2 atom stereocenters. The van der Waals surface area contributed by atoms with Crippen molar-refractivity contribution in [1.82, 2.24) is 20.4 Å². The summed E-state index contributed by atoms with van der Waals surface area (Å²) in [6.45, 7) is 5.39. The molecule has 0 bridgehead atoms. The van der Waals surface area contributed by atoms with Gasteiger partial charge in [-0.2, -0.15) is 0 Å². The van der Waals surface area contributed by atoms with E-state index in [4.69, 9.17) is 0 Å². The fourth-order valence-corrected chi connectivity index (χ4v) is 3.80. The Bertz CT molecular complexity index is 407. The number of likely N-dealkylation sites (tertiary alicyclic amines) is 2. The van der Waals surface area contributed by atoms with E-state index in [0.29, 0.717) is 18.4 Å². The average molecular weight is 308 g/mol. The second-order valence-corrected chi connectivity index (χ2v) is 6.87. The monoisotopic (exact) mass is 308 g/mol. The van der Waals surface area contributed by atoms with E-state index in [1.54, 1.807) is 0 Å². The Kier molecular flexibility index (Phi) is 5.18. The maximum absolute atomic E-state index is 12.4. The zero-order valence-electron chi connectivity index (χ0n) is 13.4. The molecule has 0 aliphatic carbocycles. The molecule has 0 aromatic rings. The van der Waals surface area contributed by atoms with Crippen LogP contribution < -0.4 is 10.6 Å². The highest BCUT2D eigenvalue weighted by molar-refractivity contribution is 5.78. The molecule has 0 spiro atoms. The number of hydrogen-bond acceptors (Lipinski definition) is 3. The molecule has 6 nitrogen and oxygen atoms in total. The molecule has 2 N–H and O–H groups in total. The van der Waals surface area contributed by atoms with Crippen LogP contribution in [0, 0.1) is 5.92 Å². The summed E-state index contributed by atoms with van der Waals surface area (Å²) in [7, 11) is 0. The lowest BCUT2D eigenvalue weighted by molar-refractivity contribution is -0.128. The van der Waals surface area contributed by atoms with Crippen LogP contribution >= 0.6 is 0 Å². The molecule has 0 aromatic carbocycles. The van der Waals surface area contributed by atoms with Gasteiger partial charge < -0.3 is 20.4 Å². The fourth-order valence-electron chi connectivity index (χ4n) is 3.80. The van der Waals surface area contributed by atoms with Gasteiger partial charge in [-0.3, -0.25) is 4.79 Å². The Morgan fingerprint density at radius 2 is 2.09 bits per heavy atom. The van der Waals surface area contributed by atoms with Crippen LogP contribution in [0.5, 0.6) is 0 Å². The van der Waals surface area contributed by atoms with E-state index in [1.165, 1.54) is 0 Å². The fraction of sp³-hybridized carbons (Fsp3) is 0.875. The highest BCUT2D eigenvalue weighted by Crippen LogP contribution is 2.20. The first-order valence-electron chi connectivity index (χ1n) is 8.76. The first kappa shape index (κ1) is 15.6. The summed E-state index contributed by atoms with van der Waals surface area (Å²) in [6, 6.07) is 0.392. The van der Waals surface area contributed by atoms with Crippen LogP contribution in [0.1, 0.15) is 38.5 Å². The topological polar surface area (TPSA) is 64.7 Å². The van der Waals surface area contributed by atoms with Gasteiger partial charge in [0.1, 0.15) is 0 Å². The van der Waals surface area contributed by atoms with Gasteiger partial charge in [-0.1, -0.05) is 0 Å². The van der Waals surface area contributed by atoms with Gasteiger partial charge in [0, 0.05) is 38.6 Å². The predicted octanol–water partition coefficient (Wildman–Crippen LogP) is 0.782. The van der Waals surface area contributed by atoms with Crippen LogP contribution in [0.15, 0.2) is 0 Å². The second-order valence-electron chi connectivity index (χ2n) is 6.87. The number of carbonyl (C=O) groups excluding carboxylic acids is 2. The van der Waals surface area contributed by atoms with Crippen molar-refractivity contribution in [1.29, 1.82) is 0 Å². The number of hydrogen-bond donors (Lipinski definition) is 2. The van der Waals surface area contributed by atoms with Crippen molar-refractivity contribution in [3.8, 4) is 0 Å². The minimum atomic E-state index is 0.0853. The first-order valence-corrected chi connectivity index (χ1v) is 8.76. The van der Waals surface area contributed by atoms with Gasteiger partial charge in [0.05, 0.1) is 0 Å². The summed E-state index contributed by atoms with van der Waals surface area (Å²) in [4.78, 5) is 28.0. The lowest BCUT2D eigenvalue weighted by Crippen LogP contribution is -2.44. The third-order valence-corrected chi connectivity index (χ3v) is 5.13. The third-order valence-electron chi connectivity index (χ3n) is 5.13. The standard InChI is InChI=1S/C16H28N4O2/c21-15-4-2-9-19(15)11-13-6-10-20(12-13)16(22)18-14-3-1-7-17-8-5-14/h13-14,17H,1-12H2,(H,18,22). The van der Waals surface area contributed by atoms with Gasteiger partial charge in [0.2, 0.25) is 5.91 Å². The van der Waals surface area contributed by atoms with Gasteiger partial charge in [-0.15, -0.1) is 0 Å². The molecule has 3 rings (SSSR count). The smallest absolute Gasteiger partial charge is 0.317 e. The lowest BCUT2D eigenvalue weighted by atomic mass is 10.1. The van der Waals surface area contributed by atoms with Crippen LogP contribution in [0.2, 0.25) is 0 Å². The Morgan fingerprint density at radius 3 is 2.91 bits per heavy atom. The van der Waals surface area contributed by atoms with E-state index in [9.17, 15) is 9.59 Å². The molecule has 6 heteroatoms. The molecule has 124 valence electrons. The maximum Gasteiger partial charge on any atom is 0.317 e. The number of carbonyl (C=O) groups is 2. The van der Waals surface area contributed by atoms with E-state index in [1.807, 2.05) is 9.80 Å². The third kappa shape index (κ3) is 3.91. The van der Waals surface area contributed by atoms with Crippen molar-refractivity contribution in [3.63, 3.8) is 0 Å².